The highest BCUT2D eigenvalue weighted by molar-refractivity contribution is 5.83. The fourth-order valence-corrected chi connectivity index (χ4v) is 1.83. The zero-order valence-corrected chi connectivity index (χ0v) is 11.6. The Bertz CT molecular complexity index is 256. The second-order valence-electron chi connectivity index (χ2n) is 5.14. The maximum absolute atomic E-state index is 12.3. The van der Waals surface area contributed by atoms with Gasteiger partial charge in [-0.05, 0) is 19.3 Å². The number of hydrogen-bond acceptors (Lipinski definition) is 2. The van der Waals surface area contributed by atoms with E-state index >= 15 is 0 Å². The summed E-state index contributed by atoms with van der Waals surface area (Å²) in [5.74, 6) is -0.217. The minimum Gasteiger partial charge on any atom is -0.370 e. The normalized spacial score (nSPS) is 11.3. The number of primary amides is 1. The Hall–Kier alpha value is -1.06. The standard InChI is InChI=1S/C13H26N2O2/c1-5-9-15(10-6-2)12(17)13(3,4)8-7-11(14)16/h5-10H2,1-4H3,(H2,14,16). The average Bonchev–Trinajstić information content (AvgIpc) is 2.25. The highest BCUT2D eigenvalue weighted by Gasteiger charge is 2.31. The van der Waals surface area contributed by atoms with Gasteiger partial charge in [0, 0.05) is 24.9 Å². The third kappa shape index (κ3) is 5.71. The number of hydrogen-bond donors (Lipinski definition) is 1. The van der Waals surface area contributed by atoms with Crippen molar-refractivity contribution in [2.75, 3.05) is 13.1 Å². The number of nitrogens with zero attached hydrogens (tertiary/aromatic N) is 1. The molecule has 0 heterocycles. The van der Waals surface area contributed by atoms with Gasteiger partial charge in [0.1, 0.15) is 0 Å². The second-order valence-corrected chi connectivity index (χ2v) is 5.14. The monoisotopic (exact) mass is 242 g/mol. The van der Waals surface area contributed by atoms with Gasteiger partial charge in [-0.1, -0.05) is 27.7 Å². The summed E-state index contributed by atoms with van der Waals surface area (Å²) in [4.78, 5) is 25.0. The summed E-state index contributed by atoms with van der Waals surface area (Å²) >= 11 is 0. The molecule has 2 N–H and O–H groups in total. The van der Waals surface area contributed by atoms with Crippen LogP contribution in [-0.4, -0.2) is 29.8 Å². The van der Waals surface area contributed by atoms with Crippen molar-refractivity contribution in [3.8, 4) is 0 Å². The van der Waals surface area contributed by atoms with E-state index in [1.807, 2.05) is 18.7 Å². The molecule has 0 aromatic rings. The Balaban J connectivity index is 4.54. The largest absolute Gasteiger partial charge is 0.370 e. The lowest BCUT2D eigenvalue weighted by molar-refractivity contribution is -0.141. The van der Waals surface area contributed by atoms with Crippen molar-refractivity contribution >= 4 is 11.8 Å². The van der Waals surface area contributed by atoms with E-state index in [9.17, 15) is 9.59 Å². The molecule has 0 aliphatic heterocycles. The molecule has 0 saturated carbocycles. The molecule has 17 heavy (non-hydrogen) atoms. The van der Waals surface area contributed by atoms with Gasteiger partial charge < -0.3 is 10.6 Å². The smallest absolute Gasteiger partial charge is 0.228 e. The lowest BCUT2D eigenvalue weighted by Gasteiger charge is -2.31. The molecule has 0 aliphatic carbocycles. The topological polar surface area (TPSA) is 63.4 Å². The minimum absolute atomic E-state index is 0.127. The Labute approximate surface area is 105 Å². The van der Waals surface area contributed by atoms with Gasteiger partial charge in [0.25, 0.3) is 0 Å². The summed E-state index contributed by atoms with van der Waals surface area (Å²) in [6.07, 6.45) is 2.70. The van der Waals surface area contributed by atoms with Crippen LogP contribution in [0.1, 0.15) is 53.4 Å². The van der Waals surface area contributed by atoms with Crippen LogP contribution in [0.3, 0.4) is 0 Å². The van der Waals surface area contributed by atoms with Crippen LogP contribution in [0, 0.1) is 5.41 Å². The van der Waals surface area contributed by atoms with Crippen LogP contribution in [0.5, 0.6) is 0 Å². The first kappa shape index (κ1) is 15.9. The predicted octanol–water partition coefficient (Wildman–Crippen LogP) is 1.93. The summed E-state index contributed by atoms with van der Waals surface area (Å²) in [6.45, 7) is 9.46. The molecule has 0 saturated heterocycles. The van der Waals surface area contributed by atoms with Crippen molar-refractivity contribution in [1.29, 1.82) is 0 Å². The molecular formula is C13H26N2O2. The number of amides is 2. The van der Waals surface area contributed by atoms with Gasteiger partial charge >= 0.3 is 0 Å². The van der Waals surface area contributed by atoms with Crippen LogP contribution in [0.15, 0.2) is 0 Å². The van der Waals surface area contributed by atoms with Gasteiger partial charge in [-0.2, -0.15) is 0 Å². The van der Waals surface area contributed by atoms with Crippen LogP contribution in [0.25, 0.3) is 0 Å². The van der Waals surface area contributed by atoms with Crippen molar-refractivity contribution in [1.82, 2.24) is 4.90 Å². The van der Waals surface area contributed by atoms with E-state index in [4.69, 9.17) is 5.73 Å². The number of carbonyl (C=O) groups excluding carboxylic acids is 2. The average molecular weight is 242 g/mol. The fourth-order valence-electron chi connectivity index (χ4n) is 1.83. The summed E-state index contributed by atoms with van der Waals surface area (Å²) in [6, 6.07) is 0. The molecule has 0 aromatic carbocycles. The molecule has 0 radical (unpaired) electrons. The molecular weight excluding hydrogens is 216 g/mol. The molecule has 0 spiro atoms. The molecule has 0 bridgehead atoms. The first-order valence-electron chi connectivity index (χ1n) is 6.42. The Morgan fingerprint density at radius 1 is 1.12 bits per heavy atom. The number of rotatable bonds is 8. The van der Waals surface area contributed by atoms with Crippen molar-refractivity contribution in [2.24, 2.45) is 11.1 Å². The van der Waals surface area contributed by atoms with E-state index < -0.39 is 5.41 Å². The quantitative estimate of drug-likeness (QED) is 0.707. The molecule has 4 heteroatoms. The van der Waals surface area contributed by atoms with Gasteiger partial charge in [-0.25, -0.2) is 0 Å². The predicted molar refractivity (Wildman–Crippen MR) is 69.4 cm³/mol. The van der Waals surface area contributed by atoms with E-state index in [2.05, 4.69) is 13.8 Å². The van der Waals surface area contributed by atoms with Gasteiger partial charge in [-0.3, -0.25) is 9.59 Å². The van der Waals surface area contributed by atoms with Crippen LogP contribution < -0.4 is 5.73 Å². The first-order chi connectivity index (χ1) is 7.85. The highest BCUT2D eigenvalue weighted by Crippen LogP contribution is 2.25. The molecule has 2 amide bonds. The van der Waals surface area contributed by atoms with Gasteiger partial charge in [0.2, 0.25) is 11.8 Å². The zero-order valence-electron chi connectivity index (χ0n) is 11.6. The maximum Gasteiger partial charge on any atom is 0.228 e. The van der Waals surface area contributed by atoms with Crippen LogP contribution in [-0.2, 0) is 9.59 Å². The van der Waals surface area contributed by atoms with Crippen LogP contribution >= 0.6 is 0 Å². The van der Waals surface area contributed by atoms with Crippen molar-refractivity contribution < 1.29 is 9.59 Å². The summed E-state index contributed by atoms with van der Waals surface area (Å²) in [5.41, 5.74) is 4.63. The number of nitrogens with two attached hydrogens (primary N) is 1. The number of carbonyl (C=O) groups is 2. The van der Waals surface area contributed by atoms with E-state index in [1.165, 1.54) is 0 Å². The Morgan fingerprint density at radius 3 is 1.94 bits per heavy atom. The summed E-state index contributed by atoms with van der Waals surface area (Å²) in [5, 5.41) is 0. The molecule has 0 fully saturated rings. The molecule has 0 unspecified atom stereocenters. The van der Waals surface area contributed by atoms with Gasteiger partial charge in [0.15, 0.2) is 0 Å². The second kappa shape index (κ2) is 7.30. The van der Waals surface area contributed by atoms with Gasteiger partial charge in [-0.15, -0.1) is 0 Å². The van der Waals surface area contributed by atoms with E-state index in [0.29, 0.717) is 6.42 Å². The van der Waals surface area contributed by atoms with E-state index in [-0.39, 0.29) is 18.2 Å². The van der Waals surface area contributed by atoms with Crippen molar-refractivity contribution in [3.05, 3.63) is 0 Å². The Morgan fingerprint density at radius 2 is 1.59 bits per heavy atom. The minimum atomic E-state index is -0.501. The van der Waals surface area contributed by atoms with Crippen molar-refractivity contribution in [2.45, 2.75) is 53.4 Å². The summed E-state index contributed by atoms with van der Waals surface area (Å²) < 4.78 is 0. The molecule has 0 atom stereocenters. The van der Waals surface area contributed by atoms with Crippen LogP contribution in [0.4, 0.5) is 0 Å². The summed E-state index contributed by atoms with van der Waals surface area (Å²) in [7, 11) is 0. The highest BCUT2D eigenvalue weighted by atomic mass is 16.2. The Kier molecular flexibility index (Phi) is 6.85. The van der Waals surface area contributed by atoms with Gasteiger partial charge in [0.05, 0.1) is 0 Å². The van der Waals surface area contributed by atoms with E-state index in [0.717, 1.165) is 25.9 Å². The van der Waals surface area contributed by atoms with E-state index in [1.54, 1.807) is 0 Å². The molecule has 100 valence electrons. The maximum atomic E-state index is 12.3. The third-order valence-electron chi connectivity index (χ3n) is 2.85. The third-order valence-corrected chi connectivity index (χ3v) is 2.85. The lowest BCUT2D eigenvalue weighted by atomic mass is 9.86. The zero-order chi connectivity index (χ0) is 13.5. The molecule has 0 aliphatic rings. The SMILES string of the molecule is CCCN(CCC)C(=O)C(C)(C)CCC(N)=O. The first-order valence-corrected chi connectivity index (χ1v) is 6.42. The molecule has 0 rings (SSSR count). The molecule has 4 nitrogen and oxygen atoms in total. The lowest BCUT2D eigenvalue weighted by Crippen LogP contribution is -2.42. The molecule has 0 aromatic heterocycles. The van der Waals surface area contributed by atoms with Crippen molar-refractivity contribution in [3.63, 3.8) is 0 Å². The van der Waals surface area contributed by atoms with Crippen LogP contribution in [0.2, 0.25) is 0 Å². The fraction of sp³-hybridized carbons (Fsp3) is 0.846.